The number of fused-ring (bicyclic) bond motifs is 1. The summed E-state index contributed by atoms with van der Waals surface area (Å²) in [6, 6.07) is 13.8. The SMILES string of the molecule is CC(C)c1cnn2ccc(-c3ccnc(Nc4ccc(N5CCC(N(C)C)C5=O)cc4)n3)cc12. The van der Waals surface area contributed by atoms with Gasteiger partial charge in [0.25, 0.3) is 0 Å². The van der Waals surface area contributed by atoms with Crippen LogP contribution in [0.1, 0.15) is 31.7 Å². The van der Waals surface area contributed by atoms with Gasteiger partial charge in [-0.05, 0) is 68.9 Å². The highest BCUT2D eigenvalue weighted by molar-refractivity contribution is 5.99. The quantitative estimate of drug-likeness (QED) is 0.466. The number of nitrogens with one attached hydrogen (secondary N) is 1. The molecule has 1 unspecified atom stereocenters. The first-order valence-corrected chi connectivity index (χ1v) is 11.6. The minimum Gasteiger partial charge on any atom is -0.324 e. The normalized spacial score (nSPS) is 16.2. The van der Waals surface area contributed by atoms with Gasteiger partial charge in [0.05, 0.1) is 23.4 Å². The molecular formula is C26H29N7O. The van der Waals surface area contributed by atoms with Gasteiger partial charge >= 0.3 is 0 Å². The lowest BCUT2D eigenvalue weighted by Gasteiger charge is -2.20. The second kappa shape index (κ2) is 8.87. The fraction of sp³-hybridized carbons (Fsp3) is 0.308. The summed E-state index contributed by atoms with van der Waals surface area (Å²) in [7, 11) is 3.90. The molecule has 0 saturated carbocycles. The number of rotatable bonds is 6. The van der Waals surface area contributed by atoms with E-state index in [0.29, 0.717) is 11.9 Å². The Hall–Kier alpha value is -3.78. The molecule has 1 fully saturated rings. The highest BCUT2D eigenvalue weighted by Crippen LogP contribution is 2.27. The first-order chi connectivity index (χ1) is 16.4. The second-order valence-electron chi connectivity index (χ2n) is 9.20. The van der Waals surface area contributed by atoms with Gasteiger partial charge < -0.3 is 10.2 Å². The molecular weight excluding hydrogens is 426 g/mol. The largest absolute Gasteiger partial charge is 0.324 e. The van der Waals surface area contributed by atoms with Gasteiger partial charge in [-0.1, -0.05) is 13.8 Å². The smallest absolute Gasteiger partial charge is 0.244 e. The average molecular weight is 456 g/mol. The molecule has 8 heteroatoms. The molecule has 0 aliphatic carbocycles. The van der Waals surface area contributed by atoms with Gasteiger partial charge in [-0.25, -0.2) is 14.5 Å². The molecule has 1 aliphatic heterocycles. The lowest BCUT2D eigenvalue weighted by Crippen LogP contribution is -2.37. The van der Waals surface area contributed by atoms with Crippen LogP contribution < -0.4 is 10.2 Å². The molecule has 1 amide bonds. The predicted octanol–water partition coefficient (Wildman–Crippen LogP) is 4.33. The summed E-state index contributed by atoms with van der Waals surface area (Å²) in [4.78, 5) is 25.6. The van der Waals surface area contributed by atoms with E-state index in [4.69, 9.17) is 4.98 Å². The number of amides is 1. The van der Waals surface area contributed by atoms with E-state index in [0.717, 1.165) is 41.1 Å². The zero-order valence-corrected chi connectivity index (χ0v) is 19.9. The first-order valence-electron chi connectivity index (χ1n) is 11.6. The van der Waals surface area contributed by atoms with Gasteiger partial charge in [0.15, 0.2) is 0 Å². The Bertz CT molecular complexity index is 1330. The van der Waals surface area contributed by atoms with E-state index in [1.807, 2.05) is 77.2 Å². The standard InChI is InChI=1S/C26H29N7O/c1-17(2)21-16-28-33-14-10-18(15-24(21)33)22-9-12-27-26(30-22)29-19-5-7-20(8-6-19)32-13-11-23(25(32)34)31(3)4/h5-10,12,14-17,23H,11,13H2,1-4H3,(H,27,29,30). The van der Waals surface area contributed by atoms with E-state index in [-0.39, 0.29) is 11.9 Å². The van der Waals surface area contributed by atoms with Crippen LogP contribution in [0.2, 0.25) is 0 Å². The maximum Gasteiger partial charge on any atom is 0.244 e. The van der Waals surface area contributed by atoms with Crippen LogP contribution in [0.4, 0.5) is 17.3 Å². The van der Waals surface area contributed by atoms with Gasteiger partial charge in [-0.3, -0.25) is 9.69 Å². The van der Waals surface area contributed by atoms with Crippen molar-refractivity contribution >= 4 is 28.7 Å². The maximum absolute atomic E-state index is 12.7. The number of hydrogen-bond acceptors (Lipinski definition) is 6. The molecule has 0 radical (unpaired) electrons. The summed E-state index contributed by atoms with van der Waals surface area (Å²) in [5.41, 5.74) is 5.92. The van der Waals surface area contributed by atoms with Crippen LogP contribution >= 0.6 is 0 Å². The molecule has 1 atom stereocenters. The molecule has 3 aromatic heterocycles. The van der Waals surface area contributed by atoms with Crippen LogP contribution in [0.25, 0.3) is 16.8 Å². The van der Waals surface area contributed by atoms with Crippen molar-refractivity contribution in [3.63, 3.8) is 0 Å². The second-order valence-corrected chi connectivity index (χ2v) is 9.20. The predicted molar refractivity (Wildman–Crippen MR) is 134 cm³/mol. The molecule has 8 nitrogen and oxygen atoms in total. The first kappa shape index (κ1) is 22.0. The van der Waals surface area contributed by atoms with Crippen LogP contribution in [-0.4, -0.2) is 57.1 Å². The average Bonchev–Trinajstić information content (AvgIpc) is 3.43. The van der Waals surface area contributed by atoms with Crippen LogP contribution in [0, 0.1) is 0 Å². The zero-order valence-electron chi connectivity index (χ0n) is 19.9. The Morgan fingerprint density at radius 3 is 2.62 bits per heavy atom. The van der Waals surface area contributed by atoms with Crippen LogP contribution in [0.15, 0.2) is 61.1 Å². The van der Waals surface area contributed by atoms with Gasteiger partial charge in [-0.2, -0.15) is 5.10 Å². The summed E-state index contributed by atoms with van der Waals surface area (Å²) < 4.78 is 1.90. The molecule has 34 heavy (non-hydrogen) atoms. The number of nitrogens with zero attached hydrogens (tertiary/aromatic N) is 6. The van der Waals surface area contributed by atoms with Crippen molar-refractivity contribution in [3.8, 4) is 11.3 Å². The maximum atomic E-state index is 12.7. The highest BCUT2D eigenvalue weighted by Gasteiger charge is 2.33. The molecule has 4 aromatic rings. The molecule has 1 N–H and O–H groups in total. The Kier molecular flexibility index (Phi) is 5.75. The molecule has 1 aliphatic rings. The fourth-order valence-electron chi connectivity index (χ4n) is 4.44. The molecule has 1 aromatic carbocycles. The number of benzene rings is 1. The highest BCUT2D eigenvalue weighted by atomic mass is 16.2. The van der Waals surface area contributed by atoms with Gasteiger partial charge in [0.2, 0.25) is 11.9 Å². The van der Waals surface area contributed by atoms with Crippen molar-refractivity contribution < 1.29 is 4.79 Å². The third kappa shape index (κ3) is 4.12. The molecule has 4 heterocycles. The Labute approximate surface area is 199 Å². The lowest BCUT2D eigenvalue weighted by atomic mass is 10.0. The lowest BCUT2D eigenvalue weighted by molar-refractivity contribution is -0.120. The summed E-state index contributed by atoms with van der Waals surface area (Å²) in [5, 5.41) is 7.73. The van der Waals surface area contributed by atoms with Crippen LogP contribution in [0.3, 0.4) is 0 Å². The molecule has 1 saturated heterocycles. The third-order valence-corrected chi connectivity index (χ3v) is 6.36. The number of carbonyl (C=O) groups is 1. The van der Waals surface area contributed by atoms with E-state index in [1.54, 1.807) is 6.20 Å². The number of hydrogen-bond donors (Lipinski definition) is 1. The summed E-state index contributed by atoms with van der Waals surface area (Å²) >= 11 is 0. The molecule has 0 bridgehead atoms. The van der Waals surface area contributed by atoms with Crippen molar-refractivity contribution in [2.24, 2.45) is 0 Å². The van der Waals surface area contributed by atoms with E-state index in [1.165, 1.54) is 5.56 Å². The van der Waals surface area contributed by atoms with Crippen LogP contribution in [-0.2, 0) is 4.79 Å². The molecule has 0 spiro atoms. The van der Waals surface area contributed by atoms with Gasteiger partial charge in [0, 0.05) is 41.4 Å². The Morgan fingerprint density at radius 2 is 1.91 bits per heavy atom. The van der Waals surface area contributed by atoms with E-state index < -0.39 is 0 Å². The number of pyridine rings is 1. The number of aromatic nitrogens is 4. The van der Waals surface area contributed by atoms with Crippen LogP contribution in [0.5, 0.6) is 0 Å². The minimum absolute atomic E-state index is 0.0488. The summed E-state index contributed by atoms with van der Waals surface area (Å²) in [6.07, 6.45) is 6.49. The number of likely N-dealkylation sites (N-methyl/N-ethyl adjacent to an activating group) is 1. The zero-order chi connectivity index (χ0) is 23.8. The molecule has 174 valence electrons. The van der Waals surface area contributed by atoms with Crippen molar-refractivity contribution in [3.05, 3.63) is 66.6 Å². The Morgan fingerprint density at radius 1 is 1.12 bits per heavy atom. The summed E-state index contributed by atoms with van der Waals surface area (Å²) in [5.74, 6) is 1.06. The van der Waals surface area contributed by atoms with E-state index in [2.05, 4.69) is 35.3 Å². The van der Waals surface area contributed by atoms with Crippen molar-refractivity contribution in [2.45, 2.75) is 32.2 Å². The third-order valence-electron chi connectivity index (χ3n) is 6.36. The van der Waals surface area contributed by atoms with Crippen molar-refractivity contribution in [1.82, 2.24) is 24.5 Å². The molecule has 5 rings (SSSR count). The minimum atomic E-state index is -0.0488. The van der Waals surface area contributed by atoms with Crippen molar-refractivity contribution in [2.75, 3.05) is 30.9 Å². The number of anilines is 3. The fourth-order valence-corrected chi connectivity index (χ4v) is 4.44. The van der Waals surface area contributed by atoms with E-state index >= 15 is 0 Å². The van der Waals surface area contributed by atoms with Gasteiger partial charge in [-0.15, -0.1) is 0 Å². The Balaban J connectivity index is 1.34. The van der Waals surface area contributed by atoms with Gasteiger partial charge in [0.1, 0.15) is 0 Å². The van der Waals surface area contributed by atoms with Crippen molar-refractivity contribution in [1.29, 1.82) is 0 Å². The summed E-state index contributed by atoms with van der Waals surface area (Å²) in [6.45, 7) is 5.07. The number of carbonyl (C=O) groups excluding carboxylic acids is 1. The topological polar surface area (TPSA) is 78.7 Å². The monoisotopic (exact) mass is 455 g/mol. The van der Waals surface area contributed by atoms with E-state index in [9.17, 15) is 4.79 Å².